The fourth-order valence-corrected chi connectivity index (χ4v) is 4.09. The Hall–Kier alpha value is -1.06. The topological polar surface area (TPSA) is 58.9 Å². The zero-order chi connectivity index (χ0) is 23.5. The van der Waals surface area contributed by atoms with Gasteiger partial charge >= 0.3 is 0 Å². The molecule has 0 rings (SSSR count). The molecule has 0 aromatic rings. The van der Waals surface area contributed by atoms with Gasteiger partial charge in [-0.25, -0.2) is 0 Å². The van der Waals surface area contributed by atoms with Crippen molar-refractivity contribution in [3.63, 3.8) is 0 Å². The molecule has 0 heterocycles. The van der Waals surface area contributed by atoms with E-state index in [0.717, 1.165) is 25.7 Å². The summed E-state index contributed by atoms with van der Waals surface area (Å²) < 4.78 is 0. The van der Waals surface area contributed by atoms with Crippen LogP contribution in [-0.2, 0) is 9.59 Å². The Morgan fingerprint density at radius 2 is 0.594 bits per heavy atom. The number of hydrogen-bond donors (Lipinski definition) is 0. The molecule has 4 heteroatoms. The Morgan fingerprint density at radius 1 is 0.375 bits per heavy atom. The molecular weight excluding hydrogens is 396 g/mol. The molecule has 0 aromatic carbocycles. The number of rotatable bonds is 24. The maximum absolute atomic E-state index is 11.8. The first-order valence-electron chi connectivity index (χ1n) is 14.2. The molecule has 0 fully saturated rings. The van der Waals surface area contributed by atoms with Gasteiger partial charge in [0.1, 0.15) is 0 Å². The van der Waals surface area contributed by atoms with Crippen molar-refractivity contribution < 1.29 is 9.59 Å². The standard InChI is InChI=1S/C28H54N2O2/c1-3-5-7-9-11-13-15-17-19-21-23-25-27(31)29-30-28(32)26-24-22-20-18-16-14-12-10-8-6-4-2/h3-26H2,1-2H3/b30-29+. The Bertz CT molecular complexity index is 409. The van der Waals surface area contributed by atoms with Gasteiger partial charge in [-0.05, 0) is 12.8 Å². The molecular formula is C28H54N2O2. The van der Waals surface area contributed by atoms with Crippen LogP contribution in [0.2, 0.25) is 0 Å². The fraction of sp³-hybridized carbons (Fsp3) is 0.929. The van der Waals surface area contributed by atoms with Gasteiger partial charge in [-0.2, -0.15) is 0 Å². The van der Waals surface area contributed by atoms with Crippen molar-refractivity contribution in [3.05, 3.63) is 0 Å². The summed E-state index contributed by atoms with van der Waals surface area (Å²) in [5.41, 5.74) is 0. The van der Waals surface area contributed by atoms with Crippen LogP contribution in [0.3, 0.4) is 0 Å². The molecule has 0 bridgehead atoms. The van der Waals surface area contributed by atoms with Crippen LogP contribution in [0.4, 0.5) is 0 Å². The normalized spacial score (nSPS) is 11.4. The highest BCUT2D eigenvalue weighted by atomic mass is 16.2. The van der Waals surface area contributed by atoms with Gasteiger partial charge in [0.25, 0.3) is 11.8 Å². The molecule has 0 aliphatic rings. The molecule has 0 saturated heterocycles. The first-order chi connectivity index (χ1) is 15.7. The van der Waals surface area contributed by atoms with E-state index < -0.39 is 0 Å². The smallest absolute Gasteiger partial charge is 0.264 e. The van der Waals surface area contributed by atoms with Gasteiger partial charge in [0.15, 0.2) is 0 Å². The molecule has 0 aliphatic heterocycles. The molecule has 0 spiro atoms. The maximum Gasteiger partial charge on any atom is 0.264 e. The monoisotopic (exact) mass is 450 g/mol. The molecule has 0 aliphatic carbocycles. The van der Waals surface area contributed by atoms with Crippen molar-refractivity contribution in [3.8, 4) is 0 Å². The summed E-state index contributed by atoms with van der Waals surface area (Å²) in [5, 5.41) is 7.23. The molecule has 0 N–H and O–H groups in total. The Labute approximate surface area is 199 Å². The summed E-state index contributed by atoms with van der Waals surface area (Å²) in [6.45, 7) is 4.51. The second-order valence-electron chi connectivity index (χ2n) is 9.56. The van der Waals surface area contributed by atoms with E-state index in [9.17, 15) is 9.59 Å². The molecule has 0 atom stereocenters. The summed E-state index contributed by atoms with van der Waals surface area (Å²) >= 11 is 0. The summed E-state index contributed by atoms with van der Waals surface area (Å²) in [4.78, 5) is 23.5. The molecule has 0 saturated carbocycles. The molecule has 0 unspecified atom stereocenters. The third-order valence-electron chi connectivity index (χ3n) is 6.26. The third kappa shape index (κ3) is 25.2. The van der Waals surface area contributed by atoms with E-state index in [0.29, 0.717) is 12.8 Å². The summed E-state index contributed by atoms with van der Waals surface area (Å²) in [6, 6.07) is 0. The van der Waals surface area contributed by atoms with E-state index in [1.54, 1.807) is 0 Å². The predicted molar refractivity (Wildman–Crippen MR) is 137 cm³/mol. The summed E-state index contributed by atoms with van der Waals surface area (Å²) in [5.74, 6) is -0.485. The summed E-state index contributed by atoms with van der Waals surface area (Å²) in [6.07, 6.45) is 28.6. The van der Waals surface area contributed by atoms with E-state index >= 15 is 0 Å². The van der Waals surface area contributed by atoms with Crippen LogP contribution in [0.15, 0.2) is 10.2 Å². The minimum Gasteiger partial charge on any atom is -0.271 e. The van der Waals surface area contributed by atoms with Crippen molar-refractivity contribution >= 4 is 11.8 Å². The van der Waals surface area contributed by atoms with Gasteiger partial charge in [-0.15, -0.1) is 10.2 Å². The molecule has 4 nitrogen and oxygen atoms in total. The van der Waals surface area contributed by atoms with E-state index in [2.05, 4.69) is 24.1 Å². The minimum absolute atomic E-state index is 0.242. The number of carbonyl (C=O) groups excluding carboxylic acids is 2. The third-order valence-corrected chi connectivity index (χ3v) is 6.26. The molecule has 32 heavy (non-hydrogen) atoms. The number of hydrogen-bond acceptors (Lipinski definition) is 2. The second-order valence-corrected chi connectivity index (χ2v) is 9.56. The van der Waals surface area contributed by atoms with Crippen LogP contribution in [0, 0.1) is 0 Å². The zero-order valence-corrected chi connectivity index (χ0v) is 21.7. The maximum atomic E-state index is 11.8. The number of amides is 2. The van der Waals surface area contributed by atoms with Crippen molar-refractivity contribution in [2.45, 2.75) is 168 Å². The van der Waals surface area contributed by atoms with Crippen LogP contribution >= 0.6 is 0 Å². The summed E-state index contributed by atoms with van der Waals surface area (Å²) in [7, 11) is 0. The lowest BCUT2D eigenvalue weighted by molar-refractivity contribution is -0.122. The van der Waals surface area contributed by atoms with Gasteiger partial charge in [0.2, 0.25) is 0 Å². The largest absolute Gasteiger partial charge is 0.271 e. The van der Waals surface area contributed by atoms with E-state index in [1.807, 2.05) is 0 Å². The van der Waals surface area contributed by atoms with Crippen molar-refractivity contribution in [1.82, 2.24) is 0 Å². The average molecular weight is 451 g/mol. The minimum atomic E-state index is -0.242. The van der Waals surface area contributed by atoms with Crippen LogP contribution in [-0.4, -0.2) is 11.8 Å². The fourth-order valence-electron chi connectivity index (χ4n) is 4.09. The van der Waals surface area contributed by atoms with Crippen LogP contribution in [0.1, 0.15) is 168 Å². The van der Waals surface area contributed by atoms with E-state index in [1.165, 1.54) is 116 Å². The highest BCUT2D eigenvalue weighted by molar-refractivity contribution is 5.81. The number of carbonyl (C=O) groups is 2. The highest BCUT2D eigenvalue weighted by Crippen LogP contribution is 2.13. The van der Waals surface area contributed by atoms with Crippen LogP contribution in [0.25, 0.3) is 0 Å². The van der Waals surface area contributed by atoms with Crippen LogP contribution < -0.4 is 0 Å². The lowest BCUT2D eigenvalue weighted by Gasteiger charge is -2.02. The van der Waals surface area contributed by atoms with Gasteiger partial charge in [0, 0.05) is 12.8 Å². The van der Waals surface area contributed by atoms with Gasteiger partial charge in [-0.3, -0.25) is 9.59 Å². The average Bonchev–Trinajstić information content (AvgIpc) is 2.79. The van der Waals surface area contributed by atoms with Crippen molar-refractivity contribution in [1.29, 1.82) is 0 Å². The number of nitrogens with zero attached hydrogens (tertiary/aromatic N) is 2. The lowest BCUT2D eigenvalue weighted by atomic mass is 10.1. The Balaban J connectivity index is 3.39. The number of unbranched alkanes of at least 4 members (excludes halogenated alkanes) is 20. The predicted octanol–water partition coefficient (Wildman–Crippen LogP) is 9.89. The zero-order valence-electron chi connectivity index (χ0n) is 21.7. The second kappa shape index (κ2) is 26.2. The van der Waals surface area contributed by atoms with Crippen molar-refractivity contribution in [2.24, 2.45) is 10.2 Å². The molecule has 188 valence electrons. The SMILES string of the molecule is CCCCCCCCCCCCCC(=O)/N=N/C(=O)CCCCCCCCCCCCC. The van der Waals surface area contributed by atoms with Gasteiger partial charge in [-0.1, -0.05) is 142 Å². The molecule has 2 amide bonds. The van der Waals surface area contributed by atoms with Crippen molar-refractivity contribution in [2.75, 3.05) is 0 Å². The van der Waals surface area contributed by atoms with Gasteiger partial charge < -0.3 is 0 Å². The quantitative estimate of drug-likeness (QED) is 0.108. The first kappa shape index (κ1) is 30.9. The van der Waals surface area contributed by atoms with Gasteiger partial charge in [0.05, 0.1) is 0 Å². The van der Waals surface area contributed by atoms with E-state index in [4.69, 9.17) is 0 Å². The Morgan fingerprint density at radius 3 is 0.844 bits per heavy atom. The Kier molecular flexibility index (Phi) is 25.3. The highest BCUT2D eigenvalue weighted by Gasteiger charge is 2.03. The lowest BCUT2D eigenvalue weighted by Crippen LogP contribution is -1.96. The molecule has 0 radical (unpaired) electrons. The van der Waals surface area contributed by atoms with E-state index in [-0.39, 0.29) is 11.8 Å². The first-order valence-corrected chi connectivity index (χ1v) is 14.2. The number of azo groups is 1. The van der Waals surface area contributed by atoms with Crippen LogP contribution in [0.5, 0.6) is 0 Å². The molecule has 0 aromatic heterocycles.